The largest absolute Gasteiger partial charge is 0.336 e. The van der Waals surface area contributed by atoms with Gasteiger partial charge < -0.3 is 4.90 Å². The highest BCUT2D eigenvalue weighted by Gasteiger charge is 2.20. The number of carbonyl (C=O) groups excluding carboxylic acids is 1. The molecule has 1 rings (SSSR count). The van der Waals surface area contributed by atoms with E-state index < -0.39 is 0 Å². The van der Waals surface area contributed by atoms with Gasteiger partial charge in [0.25, 0.3) is 5.91 Å². The minimum absolute atomic E-state index is 0.0608. The van der Waals surface area contributed by atoms with Crippen molar-refractivity contribution in [1.29, 1.82) is 0 Å². The highest BCUT2D eigenvalue weighted by Crippen LogP contribution is 2.23. The molecule has 0 atom stereocenters. The van der Waals surface area contributed by atoms with Gasteiger partial charge in [-0.25, -0.2) is 0 Å². The van der Waals surface area contributed by atoms with Crippen LogP contribution in [0.15, 0.2) is 22.7 Å². The van der Waals surface area contributed by atoms with Crippen molar-refractivity contribution in [2.45, 2.75) is 33.2 Å². The summed E-state index contributed by atoms with van der Waals surface area (Å²) in [5.41, 5.74) is 1.79. The summed E-state index contributed by atoms with van der Waals surface area (Å²) in [6.07, 6.45) is 0.814. The highest BCUT2D eigenvalue weighted by molar-refractivity contribution is 9.10. The number of rotatable bonds is 5. The molecule has 0 aliphatic carbocycles. The van der Waals surface area contributed by atoms with E-state index in [9.17, 15) is 4.79 Å². The highest BCUT2D eigenvalue weighted by atomic mass is 79.9. The Labute approximate surface area is 122 Å². The molecule has 0 fully saturated rings. The number of benzene rings is 1. The lowest BCUT2D eigenvalue weighted by atomic mass is 10.1. The van der Waals surface area contributed by atoms with Gasteiger partial charge in [0.1, 0.15) is 0 Å². The van der Waals surface area contributed by atoms with Crippen LogP contribution in [-0.2, 0) is 0 Å². The summed E-state index contributed by atoms with van der Waals surface area (Å²) < 4.78 is 0.881. The van der Waals surface area contributed by atoms with Gasteiger partial charge in [0.15, 0.2) is 0 Å². The van der Waals surface area contributed by atoms with Crippen LogP contribution < -0.4 is 0 Å². The third-order valence-electron chi connectivity index (χ3n) is 2.84. The van der Waals surface area contributed by atoms with Crippen molar-refractivity contribution in [2.75, 3.05) is 12.4 Å². The first-order valence-corrected chi connectivity index (χ1v) is 7.43. The lowest BCUT2D eigenvalue weighted by Crippen LogP contribution is -2.38. The maximum Gasteiger partial charge on any atom is 0.255 e. The Bertz CT molecular complexity index is 420. The molecule has 0 bridgehead atoms. The molecular weight excluding hydrogens is 314 g/mol. The zero-order chi connectivity index (χ0) is 13.7. The van der Waals surface area contributed by atoms with Crippen molar-refractivity contribution in [1.82, 2.24) is 4.90 Å². The fraction of sp³-hybridized carbons (Fsp3) is 0.500. The standard InChI is InChI=1S/C14H19BrClNO/c1-10(2)17(9-5-8-16)14(18)12-7-4-6-11(3)13(12)15/h4,6-7,10H,5,8-9H2,1-3H3. The van der Waals surface area contributed by atoms with Crippen LogP contribution in [0.4, 0.5) is 0 Å². The normalized spacial score (nSPS) is 10.8. The smallest absolute Gasteiger partial charge is 0.255 e. The molecule has 0 heterocycles. The molecule has 0 aliphatic heterocycles. The molecule has 0 saturated carbocycles. The Balaban J connectivity index is 2.98. The molecule has 4 heteroatoms. The van der Waals surface area contributed by atoms with Gasteiger partial charge in [-0.15, -0.1) is 11.6 Å². The molecule has 1 amide bonds. The zero-order valence-electron chi connectivity index (χ0n) is 11.0. The van der Waals surface area contributed by atoms with E-state index in [1.165, 1.54) is 0 Å². The second kappa shape index (κ2) is 7.15. The van der Waals surface area contributed by atoms with E-state index in [4.69, 9.17) is 11.6 Å². The average molecular weight is 333 g/mol. The van der Waals surface area contributed by atoms with Crippen LogP contribution in [0.1, 0.15) is 36.2 Å². The first-order chi connectivity index (χ1) is 8.49. The number of nitrogens with zero attached hydrogens (tertiary/aromatic N) is 1. The summed E-state index contributed by atoms with van der Waals surface area (Å²) in [4.78, 5) is 14.4. The Morgan fingerprint density at radius 1 is 1.44 bits per heavy atom. The minimum Gasteiger partial charge on any atom is -0.336 e. The van der Waals surface area contributed by atoms with Crippen LogP contribution >= 0.6 is 27.5 Å². The number of halogens is 2. The summed E-state index contributed by atoms with van der Waals surface area (Å²) >= 11 is 9.20. The van der Waals surface area contributed by atoms with Crippen LogP contribution in [0.2, 0.25) is 0 Å². The van der Waals surface area contributed by atoms with E-state index >= 15 is 0 Å². The molecule has 1 aromatic rings. The molecule has 100 valence electrons. The molecule has 0 saturated heterocycles. The molecule has 0 aliphatic rings. The quantitative estimate of drug-likeness (QED) is 0.739. The summed E-state index contributed by atoms with van der Waals surface area (Å²) in [5.74, 6) is 0.636. The number of carbonyl (C=O) groups is 1. The second-order valence-corrected chi connectivity index (χ2v) is 5.74. The predicted octanol–water partition coefficient (Wildman–Crippen LogP) is 4.24. The molecule has 0 aromatic heterocycles. The molecule has 0 unspecified atom stereocenters. The Morgan fingerprint density at radius 3 is 2.67 bits per heavy atom. The van der Waals surface area contributed by atoms with Gasteiger partial charge in [-0.2, -0.15) is 0 Å². The van der Waals surface area contributed by atoms with E-state index in [1.54, 1.807) is 0 Å². The fourth-order valence-electron chi connectivity index (χ4n) is 1.79. The number of amides is 1. The van der Waals surface area contributed by atoms with Gasteiger partial charge in [-0.1, -0.05) is 12.1 Å². The van der Waals surface area contributed by atoms with Gasteiger partial charge in [0, 0.05) is 22.9 Å². The van der Waals surface area contributed by atoms with Gasteiger partial charge >= 0.3 is 0 Å². The summed E-state index contributed by atoms with van der Waals surface area (Å²) in [6.45, 7) is 6.73. The maximum atomic E-state index is 12.5. The van der Waals surface area contributed by atoms with Gasteiger partial charge in [-0.05, 0) is 54.8 Å². The summed E-state index contributed by atoms with van der Waals surface area (Å²) in [7, 11) is 0. The molecule has 0 N–H and O–H groups in total. The number of hydrogen-bond acceptors (Lipinski definition) is 1. The van der Waals surface area contributed by atoms with Crippen LogP contribution in [-0.4, -0.2) is 29.3 Å². The van der Waals surface area contributed by atoms with Crippen LogP contribution in [0, 0.1) is 6.92 Å². The molecule has 2 nitrogen and oxygen atoms in total. The molecule has 1 aromatic carbocycles. The number of hydrogen-bond donors (Lipinski definition) is 0. The molecule has 0 spiro atoms. The van der Waals surface area contributed by atoms with Crippen LogP contribution in [0.5, 0.6) is 0 Å². The second-order valence-electron chi connectivity index (χ2n) is 4.57. The van der Waals surface area contributed by atoms with E-state index in [0.29, 0.717) is 12.4 Å². The monoisotopic (exact) mass is 331 g/mol. The lowest BCUT2D eigenvalue weighted by Gasteiger charge is -2.27. The number of aryl methyl sites for hydroxylation is 1. The van der Waals surface area contributed by atoms with Crippen molar-refractivity contribution in [3.63, 3.8) is 0 Å². The Kier molecular flexibility index (Phi) is 6.16. The Hall–Kier alpha value is -0.540. The lowest BCUT2D eigenvalue weighted by molar-refractivity contribution is 0.0705. The van der Waals surface area contributed by atoms with Gasteiger partial charge in [0.2, 0.25) is 0 Å². The third-order valence-corrected chi connectivity index (χ3v) is 4.16. The molecule has 18 heavy (non-hydrogen) atoms. The van der Waals surface area contributed by atoms with E-state index in [0.717, 1.165) is 22.0 Å². The van der Waals surface area contributed by atoms with Crippen molar-refractivity contribution < 1.29 is 4.79 Å². The SMILES string of the molecule is Cc1cccc(C(=O)N(CCCCl)C(C)C)c1Br. The van der Waals surface area contributed by atoms with E-state index in [2.05, 4.69) is 15.9 Å². The van der Waals surface area contributed by atoms with Crippen molar-refractivity contribution in [3.8, 4) is 0 Å². The summed E-state index contributed by atoms with van der Waals surface area (Å²) in [6, 6.07) is 5.93. The first-order valence-electron chi connectivity index (χ1n) is 6.11. The van der Waals surface area contributed by atoms with Crippen LogP contribution in [0.3, 0.4) is 0 Å². The Morgan fingerprint density at radius 2 is 2.11 bits per heavy atom. The van der Waals surface area contributed by atoms with Crippen molar-refractivity contribution in [2.24, 2.45) is 0 Å². The predicted molar refractivity (Wildman–Crippen MR) is 80.4 cm³/mol. The van der Waals surface area contributed by atoms with E-state index in [1.807, 2.05) is 43.9 Å². The molecule has 0 radical (unpaired) electrons. The van der Waals surface area contributed by atoms with Crippen LogP contribution in [0.25, 0.3) is 0 Å². The minimum atomic E-state index is 0.0608. The maximum absolute atomic E-state index is 12.5. The fourth-order valence-corrected chi connectivity index (χ4v) is 2.35. The molecular formula is C14H19BrClNO. The van der Waals surface area contributed by atoms with Gasteiger partial charge in [-0.3, -0.25) is 4.79 Å². The van der Waals surface area contributed by atoms with Gasteiger partial charge in [0.05, 0.1) is 5.56 Å². The van der Waals surface area contributed by atoms with E-state index in [-0.39, 0.29) is 11.9 Å². The summed E-state index contributed by atoms with van der Waals surface area (Å²) in [5, 5.41) is 0. The number of alkyl halides is 1. The average Bonchev–Trinajstić information content (AvgIpc) is 2.32. The third kappa shape index (κ3) is 3.72. The first kappa shape index (κ1) is 15.5. The van der Waals surface area contributed by atoms with Crippen molar-refractivity contribution >= 4 is 33.4 Å². The van der Waals surface area contributed by atoms with Crippen molar-refractivity contribution in [3.05, 3.63) is 33.8 Å². The zero-order valence-corrected chi connectivity index (χ0v) is 13.4. The topological polar surface area (TPSA) is 20.3 Å².